The van der Waals surface area contributed by atoms with Crippen molar-refractivity contribution in [3.8, 4) is 11.3 Å². The minimum Gasteiger partial charge on any atom is -0.457 e. The first-order valence-electron chi connectivity index (χ1n) is 11.1. The maximum atomic E-state index is 14.1. The predicted octanol–water partition coefficient (Wildman–Crippen LogP) is 4.82. The number of fused-ring (bicyclic) bond motifs is 2. The number of para-hydroxylation sites is 1. The van der Waals surface area contributed by atoms with Crippen LogP contribution in [-0.4, -0.2) is 16.1 Å². The molecule has 4 aromatic rings. The second-order valence-corrected chi connectivity index (χ2v) is 9.57. The first-order chi connectivity index (χ1) is 17.6. The van der Waals surface area contributed by atoms with Gasteiger partial charge in [-0.1, -0.05) is 71.9 Å². The monoisotopic (exact) mass is 516 g/mol. The van der Waals surface area contributed by atoms with E-state index in [1.54, 1.807) is 29.3 Å². The highest BCUT2D eigenvalue weighted by Gasteiger charge is 2.36. The zero-order chi connectivity index (χ0) is 24.6. The third kappa shape index (κ3) is 4.19. The van der Waals surface area contributed by atoms with E-state index in [9.17, 15) is 9.18 Å². The van der Waals surface area contributed by atoms with E-state index in [1.165, 1.54) is 17.8 Å². The SMILES string of the molecule is O=C1NC(SCc2ccccc2F)=NN2C1=c1ccccc1=N[C@H]2c1ccc(-c2cccc(Cl)c2)o1. The first kappa shape index (κ1) is 22.6. The van der Waals surface area contributed by atoms with Gasteiger partial charge in [-0.15, -0.1) is 5.10 Å². The number of halogens is 2. The molecular weight excluding hydrogens is 499 g/mol. The molecule has 2 aliphatic heterocycles. The maximum absolute atomic E-state index is 14.1. The summed E-state index contributed by atoms with van der Waals surface area (Å²) in [7, 11) is 0. The summed E-state index contributed by atoms with van der Waals surface area (Å²) in [4.78, 5) is 18.1. The van der Waals surface area contributed by atoms with E-state index in [-0.39, 0.29) is 11.7 Å². The quantitative estimate of drug-likeness (QED) is 0.422. The largest absolute Gasteiger partial charge is 0.457 e. The number of amides is 1. The molecule has 6 nitrogen and oxygen atoms in total. The minimum absolute atomic E-state index is 0.302. The van der Waals surface area contributed by atoms with Crippen molar-refractivity contribution in [2.24, 2.45) is 10.1 Å². The van der Waals surface area contributed by atoms with Crippen LogP contribution in [0.2, 0.25) is 5.02 Å². The molecule has 178 valence electrons. The fraction of sp³-hybridized carbons (Fsp3) is 0.0741. The molecule has 2 aliphatic rings. The summed E-state index contributed by atoms with van der Waals surface area (Å²) >= 11 is 7.40. The topological polar surface area (TPSA) is 70.2 Å². The highest BCUT2D eigenvalue weighted by molar-refractivity contribution is 8.13. The van der Waals surface area contributed by atoms with Crippen LogP contribution >= 0.6 is 23.4 Å². The fourth-order valence-electron chi connectivity index (χ4n) is 4.13. The molecule has 1 amide bonds. The molecule has 3 heterocycles. The van der Waals surface area contributed by atoms with Gasteiger partial charge in [0.05, 0.1) is 5.36 Å². The molecule has 3 aromatic carbocycles. The van der Waals surface area contributed by atoms with Crippen LogP contribution in [0.1, 0.15) is 17.5 Å². The van der Waals surface area contributed by atoms with Gasteiger partial charge in [-0.25, -0.2) is 14.4 Å². The Bertz CT molecular complexity index is 1650. The van der Waals surface area contributed by atoms with Gasteiger partial charge < -0.3 is 4.42 Å². The summed E-state index contributed by atoms with van der Waals surface area (Å²) in [6, 6.07) is 25.0. The number of benzene rings is 3. The first-order valence-corrected chi connectivity index (χ1v) is 12.5. The van der Waals surface area contributed by atoms with Crippen molar-refractivity contribution in [3.63, 3.8) is 0 Å². The number of hydrogen-bond acceptors (Lipinski definition) is 6. The third-order valence-electron chi connectivity index (χ3n) is 5.83. The van der Waals surface area contributed by atoms with Crippen molar-refractivity contribution in [2.45, 2.75) is 11.9 Å². The lowest BCUT2D eigenvalue weighted by atomic mass is 10.1. The number of hydrazone groups is 1. The van der Waals surface area contributed by atoms with E-state index < -0.39 is 6.17 Å². The van der Waals surface area contributed by atoms with Gasteiger partial charge in [0.2, 0.25) is 6.17 Å². The van der Waals surface area contributed by atoms with Crippen molar-refractivity contribution in [1.29, 1.82) is 0 Å². The number of nitrogens with one attached hydrogen (secondary N) is 1. The van der Waals surface area contributed by atoms with Crippen LogP contribution in [0.5, 0.6) is 0 Å². The zero-order valence-corrected chi connectivity index (χ0v) is 20.3. The van der Waals surface area contributed by atoms with Crippen LogP contribution in [0.3, 0.4) is 0 Å². The number of amidine groups is 1. The minimum atomic E-state index is -0.696. The second-order valence-electron chi connectivity index (χ2n) is 8.16. The maximum Gasteiger partial charge on any atom is 0.276 e. The van der Waals surface area contributed by atoms with E-state index in [4.69, 9.17) is 26.1 Å². The van der Waals surface area contributed by atoms with Gasteiger partial charge in [0.15, 0.2) is 10.9 Å². The van der Waals surface area contributed by atoms with Crippen LogP contribution in [0.15, 0.2) is 99.4 Å². The smallest absolute Gasteiger partial charge is 0.276 e. The number of thioether (sulfide) groups is 1. The highest BCUT2D eigenvalue weighted by atomic mass is 35.5. The molecule has 0 bridgehead atoms. The second kappa shape index (κ2) is 9.29. The average molecular weight is 517 g/mol. The fourth-order valence-corrected chi connectivity index (χ4v) is 5.16. The van der Waals surface area contributed by atoms with Gasteiger partial charge in [0, 0.05) is 21.6 Å². The van der Waals surface area contributed by atoms with Gasteiger partial charge in [-0.3, -0.25) is 10.1 Å². The van der Waals surface area contributed by atoms with Gasteiger partial charge >= 0.3 is 0 Å². The molecule has 1 aromatic heterocycles. The summed E-state index contributed by atoms with van der Waals surface area (Å²) in [5, 5.41) is 11.4. The van der Waals surface area contributed by atoms with Crippen LogP contribution in [0, 0.1) is 5.82 Å². The standard InChI is InChI=1S/C27H18ClFN4O2S/c28-18-8-5-7-16(14-18)22-12-13-23(35-22)25-30-21-11-4-2-9-19(21)24-26(34)31-27(32-33(24)25)36-15-17-6-1-3-10-20(17)29/h1-14,25H,15H2,(H,31,32,34)/t25-/m1/s1. The zero-order valence-electron chi connectivity index (χ0n) is 18.7. The predicted molar refractivity (Wildman–Crippen MR) is 138 cm³/mol. The van der Waals surface area contributed by atoms with Gasteiger partial charge in [0.1, 0.15) is 17.3 Å². The van der Waals surface area contributed by atoms with E-state index in [1.807, 2.05) is 54.6 Å². The molecule has 9 heteroatoms. The molecule has 1 atom stereocenters. The van der Waals surface area contributed by atoms with Crippen molar-refractivity contribution >= 4 is 40.1 Å². The third-order valence-corrected chi connectivity index (χ3v) is 6.98. The van der Waals surface area contributed by atoms with E-state index in [0.717, 1.165) is 5.56 Å². The molecule has 0 saturated carbocycles. The normalized spacial score (nSPS) is 16.6. The lowest BCUT2D eigenvalue weighted by molar-refractivity contribution is -0.116. The lowest BCUT2D eigenvalue weighted by Crippen LogP contribution is -2.50. The summed E-state index contributed by atoms with van der Waals surface area (Å²) in [5.41, 5.74) is 1.73. The number of furan rings is 1. The van der Waals surface area contributed by atoms with E-state index >= 15 is 0 Å². The Morgan fingerprint density at radius 1 is 1.03 bits per heavy atom. The number of hydrogen-bond donors (Lipinski definition) is 1. The molecule has 1 N–H and O–H groups in total. The summed E-state index contributed by atoms with van der Waals surface area (Å²) < 4.78 is 20.3. The number of nitrogens with zero attached hydrogens (tertiary/aromatic N) is 3. The molecule has 0 radical (unpaired) electrons. The Morgan fingerprint density at radius 2 is 1.86 bits per heavy atom. The highest BCUT2D eigenvalue weighted by Crippen LogP contribution is 2.34. The number of carbonyl (C=O) groups is 1. The molecule has 0 spiro atoms. The van der Waals surface area contributed by atoms with Crippen molar-refractivity contribution in [3.05, 3.63) is 118 Å². The van der Waals surface area contributed by atoms with Crippen LogP contribution in [-0.2, 0) is 10.5 Å². The van der Waals surface area contributed by atoms with Gasteiger partial charge in [-0.05, 0) is 42.0 Å². The Balaban J connectivity index is 1.40. The van der Waals surface area contributed by atoms with Crippen molar-refractivity contribution in [1.82, 2.24) is 10.3 Å². The molecule has 0 saturated heterocycles. The van der Waals surface area contributed by atoms with Crippen LogP contribution in [0.4, 0.5) is 4.39 Å². The van der Waals surface area contributed by atoms with E-state index in [0.29, 0.717) is 49.3 Å². The lowest BCUT2D eigenvalue weighted by Gasteiger charge is -2.32. The Kier molecular flexibility index (Phi) is 5.83. The van der Waals surface area contributed by atoms with Crippen LogP contribution in [0.25, 0.3) is 17.0 Å². The van der Waals surface area contributed by atoms with Crippen LogP contribution < -0.4 is 15.9 Å². The van der Waals surface area contributed by atoms with Gasteiger partial charge in [-0.2, -0.15) is 0 Å². The Morgan fingerprint density at radius 3 is 2.72 bits per heavy atom. The molecule has 6 rings (SSSR count). The average Bonchev–Trinajstić information content (AvgIpc) is 3.38. The van der Waals surface area contributed by atoms with Crippen molar-refractivity contribution < 1.29 is 13.6 Å². The van der Waals surface area contributed by atoms with Gasteiger partial charge in [0.25, 0.3) is 5.91 Å². The number of rotatable bonds is 4. The molecular formula is C27H18ClFN4O2S. The summed E-state index contributed by atoms with van der Waals surface area (Å²) in [6.45, 7) is 0. The molecule has 0 aliphatic carbocycles. The molecule has 36 heavy (non-hydrogen) atoms. The number of carbonyl (C=O) groups excluding carboxylic acids is 1. The summed E-state index contributed by atoms with van der Waals surface area (Å²) in [6.07, 6.45) is -0.696. The van der Waals surface area contributed by atoms with E-state index in [2.05, 4.69) is 5.32 Å². The Labute approximate surface area is 214 Å². The van der Waals surface area contributed by atoms with Crippen molar-refractivity contribution in [2.75, 3.05) is 0 Å². The summed E-state index contributed by atoms with van der Waals surface area (Å²) in [5.74, 6) is 0.850. The molecule has 0 fully saturated rings. The molecule has 0 unspecified atom stereocenters. The Hall–Kier alpha value is -3.88.